The standard InChI is InChI=1S/C12H19N3S/c1-2-5-14-10(3-1)12-15-11(8-16-12)9-4-6-13-7-9/h8-10,13-14H,1-7H2. The molecule has 88 valence electrons. The molecule has 2 aliphatic rings. The Kier molecular flexibility index (Phi) is 3.22. The van der Waals surface area contributed by atoms with Gasteiger partial charge in [0.15, 0.2) is 0 Å². The summed E-state index contributed by atoms with van der Waals surface area (Å²) in [4.78, 5) is 4.83. The molecule has 0 radical (unpaired) electrons. The Hall–Kier alpha value is -0.450. The third-order valence-electron chi connectivity index (χ3n) is 3.63. The minimum atomic E-state index is 0.530. The van der Waals surface area contributed by atoms with Gasteiger partial charge in [-0.1, -0.05) is 6.42 Å². The van der Waals surface area contributed by atoms with E-state index in [4.69, 9.17) is 4.98 Å². The van der Waals surface area contributed by atoms with Gasteiger partial charge in [-0.3, -0.25) is 0 Å². The van der Waals surface area contributed by atoms with Gasteiger partial charge in [0.25, 0.3) is 0 Å². The van der Waals surface area contributed by atoms with Crippen LogP contribution in [0, 0.1) is 0 Å². The minimum absolute atomic E-state index is 0.530. The molecule has 16 heavy (non-hydrogen) atoms. The van der Waals surface area contributed by atoms with Crippen molar-refractivity contribution in [2.24, 2.45) is 0 Å². The van der Waals surface area contributed by atoms with E-state index in [2.05, 4.69) is 16.0 Å². The predicted octanol–water partition coefficient (Wildman–Crippen LogP) is 2.03. The van der Waals surface area contributed by atoms with Crippen molar-refractivity contribution < 1.29 is 0 Å². The van der Waals surface area contributed by atoms with E-state index in [0.717, 1.165) is 19.6 Å². The maximum atomic E-state index is 4.83. The fraction of sp³-hybridized carbons (Fsp3) is 0.750. The Bertz CT molecular complexity index is 338. The van der Waals surface area contributed by atoms with E-state index in [-0.39, 0.29) is 0 Å². The maximum Gasteiger partial charge on any atom is 0.110 e. The number of hydrogen-bond donors (Lipinski definition) is 2. The molecule has 2 saturated heterocycles. The van der Waals surface area contributed by atoms with E-state index in [1.54, 1.807) is 0 Å². The van der Waals surface area contributed by atoms with Gasteiger partial charge in [-0.2, -0.15) is 0 Å². The lowest BCUT2D eigenvalue weighted by molar-refractivity contribution is 0.410. The molecule has 3 nitrogen and oxygen atoms in total. The van der Waals surface area contributed by atoms with Crippen molar-refractivity contribution in [2.75, 3.05) is 19.6 Å². The van der Waals surface area contributed by atoms with Crippen LogP contribution in [0.3, 0.4) is 0 Å². The van der Waals surface area contributed by atoms with Crippen LogP contribution in [0.5, 0.6) is 0 Å². The average molecular weight is 237 g/mol. The van der Waals surface area contributed by atoms with E-state index in [1.165, 1.54) is 36.4 Å². The summed E-state index contributed by atoms with van der Waals surface area (Å²) in [5.41, 5.74) is 1.32. The first-order valence-electron chi connectivity index (χ1n) is 6.33. The topological polar surface area (TPSA) is 37.0 Å². The van der Waals surface area contributed by atoms with Crippen molar-refractivity contribution in [1.29, 1.82) is 0 Å². The highest BCUT2D eigenvalue weighted by atomic mass is 32.1. The first kappa shape index (κ1) is 10.7. The summed E-state index contributed by atoms with van der Waals surface area (Å²) >= 11 is 1.84. The van der Waals surface area contributed by atoms with Crippen LogP contribution >= 0.6 is 11.3 Å². The fourth-order valence-electron chi connectivity index (χ4n) is 2.62. The molecule has 0 saturated carbocycles. The molecule has 2 unspecified atom stereocenters. The largest absolute Gasteiger partial charge is 0.316 e. The molecule has 2 atom stereocenters. The van der Waals surface area contributed by atoms with Crippen LogP contribution in [-0.2, 0) is 0 Å². The third-order valence-corrected chi connectivity index (χ3v) is 4.60. The molecule has 2 fully saturated rings. The van der Waals surface area contributed by atoms with Gasteiger partial charge in [0.1, 0.15) is 5.01 Å². The normalized spacial score (nSPS) is 30.8. The number of aromatic nitrogens is 1. The molecule has 2 aliphatic heterocycles. The Morgan fingerprint density at radius 2 is 2.25 bits per heavy atom. The van der Waals surface area contributed by atoms with E-state index in [0.29, 0.717) is 12.0 Å². The lowest BCUT2D eigenvalue weighted by atomic mass is 10.0. The Labute approximate surface area is 101 Å². The van der Waals surface area contributed by atoms with Crippen LogP contribution in [0.25, 0.3) is 0 Å². The minimum Gasteiger partial charge on any atom is -0.316 e. The SMILES string of the molecule is c1sc(C2CCCCN2)nc1C1CCNC1. The van der Waals surface area contributed by atoms with E-state index < -0.39 is 0 Å². The zero-order chi connectivity index (χ0) is 10.8. The molecule has 0 amide bonds. The number of thiazole rings is 1. The molecule has 0 bridgehead atoms. The summed E-state index contributed by atoms with van der Waals surface area (Å²) in [5, 5.41) is 10.6. The molecular formula is C12H19N3S. The average Bonchev–Trinajstić information content (AvgIpc) is 3.01. The quantitative estimate of drug-likeness (QED) is 0.826. The Morgan fingerprint density at radius 1 is 1.25 bits per heavy atom. The van der Waals surface area contributed by atoms with Gasteiger partial charge in [0.05, 0.1) is 11.7 Å². The predicted molar refractivity (Wildman–Crippen MR) is 66.9 cm³/mol. The van der Waals surface area contributed by atoms with Crippen LogP contribution in [-0.4, -0.2) is 24.6 Å². The maximum absolute atomic E-state index is 4.83. The summed E-state index contributed by atoms with van der Waals surface area (Å²) in [7, 11) is 0. The number of nitrogens with zero attached hydrogens (tertiary/aromatic N) is 1. The first-order valence-corrected chi connectivity index (χ1v) is 7.21. The highest BCUT2D eigenvalue weighted by Crippen LogP contribution is 2.29. The third kappa shape index (κ3) is 2.14. The van der Waals surface area contributed by atoms with Crippen LogP contribution in [0.4, 0.5) is 0 Å². The van der Waals surface area contributed by atoms with Crippen molar-refractivity contribution in [3.05, 3.63) is 16.1 Å². The molecule has 0 spiro atoms. The second-order valence-electron chi connectivity index (χ2n) is 4.80. The molecule has 3 rings (SSSR count). The van der Waals surface area contributed by atoms with Crippen molar-refractivity contribution in [3.63, 3.8) is 0 Å². The van der Waals surface area contributed by atoms with Gasteiger partial charge in [-0.25, -0.2) is 4.98 Å². The van der Waals surface area contributed by atoms with Gasteiger partial charge in [0, 0.05) is 17.8 Å². The summed E-state index contributed by atoms with van der Waals surface area (Å²) in [5.74, 6) is 0.661. The summed E-state index contributed by atoms with van der Waals surface area (Å²) in [6.45, 7) is 3.42. The monoisotopic (exact) mass is 237 g/mol. The highest BCUT2D eigenvalue weighted by Gasteiger charge is 2.22. The number of hydrogen-bond acceptors (Lipinski definition) is 4. The second-order valence-corrected chi connectivity index (χ2v) is 5.69. The lowest BCUT2D eigenvalue weighted by Crippen LogP contribution is -2.26. The Morgan fingerprint density at radius 3 is 3.00 bits per heavy atom. The zero-order valence-corrected chi connectivity index (χ0v) is 10.4. The van der Waals surface area contributed by atoms with Crippen molar-refractivity contribution >= 4 is 11.3 Å². The molecule has 3 heterocycles. The molecule has 4 heteroatoms. The van der Waals surface area contributed by atoms with Gasteiger partial charge in [0.2, 0.25) is 0 Å². The van der Waals surface area contributed by atoms with Gasteiger partial charge < -0.3 is 10.6 Å². The molecule has 0 aromatic carbocycles. The van der Waals surface area contributed by atoms with Crippen molar-refractivity contribution in [1.82, 2.24) is 15.6 Å². The van der Waals surface area contributed by atoms with Gasteiger partial charge in [-0.05, 0) is 32.4 Å². The van der Waals surface area contributed by atoms with Crippen LogP contribution in [0.1, 0.15) is 48.3 Å². The molecular weight excluding hydrogens is 218 g/mol. The summed E-state index contributed by atoms with van der Waals surface area (Å²) < 4.78 is 0. The molecule has 0 aliphatic carbocycles. The summed E-state index contributed by atoms with van der Waals surface area (Å²) in [6, 6.07) is 0.530. The lowest BCUT2D eigenvalue weighted by Gasteiger charge is -2.21. The molecule has 1 aromatic heterocycles. The Balaban J connectivity index is 1.71. The zero-order valence-electron chi connectivity index (χ0n) is 9.54. The summed E-state index contributed by atoms with van der Waals surface area (Å²) in [6.07, 6.45) is 5.18. The molecule has 2 N–H and O–H groups in total. The van der Waals surface area contributed by atoms with Gasteiger partial charge in [-0.15, -0.1) is 11.3 Å². The van der Waals surface area contributed by atoms with E-state index in [1.807, 2.05) is 11.3 Å². The smallest absolute Gasteiger partial charge is 0.110 e. The van der Waals surface area contributed by atoms with E-state index in [9.17, 15) is 0 Å². The van der Waals surface area contributed by atoms with Crippen molar-refractivity contribution in [2.45, 2.75) is 37.6 Å². The number of nitrogens with one attached hydrogen (secondary N) is 2. The first-order chi connectivity index (χ1) is 7.93. The second kappa shape index (κ2) is 4.82. The van der Waals surface area contributed by atoms with Gasteiger partial charge >= 0.3 is 0 Å². The van der Waals surface area contributed by atoms with Crippen LogP contribution in [0.2, 0.25) is 0 Å². The molecule has 1 aromatic rings. The van der Waals surface area contributed by atoms with Crippen LogP contribution < -0.4 is 10.6 Å². The number of piperidine rings is 1. The number of rotatable bonds is 2. The van der Waals surface area contributed by atoms with Crippen LogP contribution in [0.15, 0.2) is 5.38 Å². The fourth-order valence-corrected chi connectivity index (χ4v) is 3.63. The van der Waals surface area contributed by atoms with E-state index >= 15 is 0 Å². The van der Waals surface area contributed by atoms with Crippen molar-refractivity contribution in [3.8, 4) is 0 Å². The highest BCUT2D eigenvalue weighted by molar-refractivity contribution is 7.09.